The summed E-state index contributed by atoms with van der Waals surface area (Å²) >= 11 is 0. The molecule has 0 fully saturated rings. The number of rotatable bonds is 18. The Bertz CT molecular complexity index is 1450. The quantitative estimate of drug-likeness (QED) is 0.0988. The van der Waals surface area contributed by atoms with Gasteiger partial charge in [-0.25, -0.2) is 4.79 Å². The molecule has 0 radical (unpaired) electrons. The van der Waals surface area contributed by atoms with Gasteiger partial charge in [-0.1, -0.05) is 114 Å². The molecule has 3 aromatic rings. The fourth-order valence-corrected chi connectivity index (χ4v) is 6.27. The first-order valence-electron chi connectivity index (χ1n) is 18.0. The summed E-state index contributed by atoms with van der Waals surface area (Å²) < 4.78 is 58.5. The molecule has 8 heteroatoms. The molecule has 0 N–H and O–H groups in total. The highest BCUT2D eigenvalue weighted by molar-refractivity contribution is 5.90. The molecular weight excluding hydrogens is 629 g/mol. The second-order valence-corrected chi connectivity index (χ2v) is 13.3. The van der Waals surface area contributed by atoms with Crippen molar-refractivity contribution in [3.8, 4) is 16.9 Å². The maximum absolute atomic E-state index is 13.8. The standard InChI is InChI=1S/C41H51F3O5/c1-4-6-7-10-17-37(41(42,43)44)48-40(46)36-27-24-32-15-11-12-16-35(32)38(36)49-39(45)33-20-18-30(19-21-33)31-22-25-34(26-23-31)47-28-13-8-9-14-29(3)5-2/h11-12,15-16,18-23,25-26,29,36-38H,4-10,13-14,17,24,27-28H2,1-3H3/t29-,36?,37+,38?/m1/s1. The van der Waals surface area contributed by atoms with Crippen molar-refractivity contribution < 1.29 is 37.0 Å². The number of hydrogen-bond acceptors (Lipinski definition) is 5. The van der Waals surface area contributed by atoms with Gasteiger partial charge in [0.2, 0.25) is 0 Å². The molecule has 0 heterocycles. The molecule has 0 aromatic heterocycles. The average molecular weight is 681 g/mol. The number of alkyl halides is 3. The van der Waals surface area contributed by atoms with Crippen LogP contribution >= 0.6 is 0 Å². The number of esters is 2. The van der Waals surface area contributed by atoms with Crippen LogP contribution in [0.2, 0.25) is 0 Å². The van der Waals surface area contributed by atoms with E-state index in [0.717, 1.165) is 54.0 Å². The Morgan fingerprint density at radius 1 is 0.816 bits per heavy atom. The van der Waals surface area contributed by atoms with Gasteiger partial charge in [0.15, 0.2) is 6.10 Å². The highest BCUT2D eigenvalue weighted by Crippen LogP contribution is 2.40. The van der Waals surface area contributed by atoms with E-state index in [9.17, 15) is 22.8 Å². The molecular formula is C41H51F3O5. The van der Waals surface area contributed by atoms with Gasteiger partial charge < -0.3 is 14.2 Å². The normalized spacial score (nSPS) is 17.1. The van der Waals surface area contributed by atoms with Crippen molar-refractivity contribution in [2.45, 2.75) is 116 Å². The summed E-state index contributed by atoms with van der Waals surface area (Å²) in [4.78, 5) is 26.7. The van der Waals surface area contributed by atoms with E-state index in [1.807, 2.05) is 55.5 Å². The van der Waals surface area contributed by atoms with Gasteiger partial charge in [-0.3, -0.25) is 4.79 Å². The zero-order chi connectivity index (χ0) is 35.2. The molecule has 5 nitrogen and oxygen atoms in total. The molecule has 4 atom stereocenters. The average Bonchev–Trinajstić information content (AvgIpc) is 3.10. The lowest BCUT2D eigenvalue weighted by molar-refractivity contribution is -0.227. The van der Waals surface area contributed by atoms with Crippen molar-refractivity contribution in [3.63, 3.8) is 0 Å². The largest absolute Gasteiger partial charge is 0.494 e. The van der Waals surface area contributed by atoms with Crippen LogP contribution in [-0.2, 0) is 20.7 Å². The van der Waals surface area contributed by atoms with Crippen LogP contribution in [-0.4, -0.2) is 30.8 Å². The number of unbranched alkanes of at least 4 members (excludes halogenated alkanes) is 5. The van der Waals surface area contributed by atoms with E-state index in [2.05, 4.69) is 13.8 Å². The van der Waals surface area contributed by atoms with Crippen molar-refractivity contribution in [1.82, 2.24) is 0 Å². The summed E-state index contributed by atoms with van der Waals surface area (Å²) in [5.74, 6) is -1.12. The molecule has 3 aromatic carbocycles. The van der Waals surface area contributed by atoms with E-state index >= 15 is 0 Å². The van der Waals surface area contributed by atoms with E-state index in [4.69, 9.17) is 14.2 Å². The molecule has 49 heavy (non-hydrogen) atoms. The second-order valence-electron chi connectivity index (χ2n) is 13.3. The molecule has 0 bridgehead atoms. The van der Waals surface area contributed by atoms with Crippen LogP contribution in [0, 0.1) is 11.8 Å². The number of aryl methyl sites for hydroxylation is 1. The van der Waals surface area contributed by atoms with Crippen LogP contribution in [0.4, 0.5) is 13.2 Å². The topological polar surface area (TPSA) is 61.8 Å². The smallest absolute Gasteiger partial charge is 0.425 e. The summed E-state index contributed by atoms with van der Waals surface area (Å²) in [5.41, 5.74) is 3.63. The van der Waals surface area contributed by atoms with Crippen LogP contribution in [0.5, 0.6) is 5.75 Å². The highest BCUT2D eigenvalue weighted by atomic mass is 19.4. The van der Waals surface area contributed by atoms with Gasteiger partial charge in [-0.15, -0.1) is 0 Å². The molecule has 0 saturated carbocycles. The molecule has 2 unspecified atom stereocenters. The fraction of sp³-hybridized carbons (Fsp3) is 0.512. The Kier molecular flexibility index (Phi) is 14.6. The van der Waals surface area contributed by atoms with Crippen LogP contribution in [0.25, 0.3) is 11.1 Å². The van der Waals surface area contributed by atoms with E-state index in [1.54, 1.807) is 24.3 Å². The maximum Gasteiger partial charge on any atom is 0.425 e. The number of hydrogen-bond donors (Lipinski definition) is 0. The van der Waals surface area contributed by atoms with Crippen LogP contribution in [0.3, 0.4) is 0 Å². The first-order valence-corrected chi connectivity index (χ1v) is 18.0. The number of ether oxygens (including phenoxy) is 3. The maximum atomic E-state index is 13.8. The van der Waals surface area contributed by atoms with Gasteiger partial charge in [0, 0.05) is 0 Å². The van der Waals surface area contributed by atoms with Crippen LogP contribution < -0.4 is 4.74 Å². The molecule has 1 aliphatic carbocycles. The van der Waals surface area contributed by atoms with Crippen molar-refractivity contribution >= 4 is 11.9 Å². The number of benzene rings is 3. The molecule has 1 aliphatic rings. The van der Waals surface area contributed by atoms with Crippen LogP contribution in [0.15, 0.2) is 72.8 Å². The van der Waals surface area contributed by atoms with Gasteiger partial charge in [0.1, 0.15) is 11.9 Å². The number of carbonyl (C=O) groups is 2. The lowest BCUT2D eigenvalue weighted by Crippen LogP contribution is -2.39. The second kappa shape index (κ2) is 18.8. The van der Waals surface area contributed by atoms with Gasteiger partial charge in [0.25, 0.3) is 0 Å². The minimum Gasteiger partial charge on any atom is -0.494 e. The summed E-state index contributed by atoms with van der Waals surface area (Å²) in [6.45, 7) is 7.18. The minimum atomic E-state index is -4.68. The minimum absolute atomic E-state index is 0.213. The Balaban J connectivity index is 1.38. The molecule has 0 saturated heterocycles. The Hall–Kier alpha value is -3.81. The number of halogens is 3. The van der Waals surface area contributed by atoms with Gasteiger partial charge >= 0.3 is 18.1 Å². The van der Waals surface area contributed by atoms with Crippen molar-refractivity contribution in [1.29, 1.82) is 0 Å². The SMILES string of the molecule is CCCCCC[C@H](OC(=O)C1CCc2ccccc2C1OC(=O)c1ccc(-c2ccc(OCCCCC[C@H](C)CC)cc2)cc1)C(F)(F)F. The molecule has 0 aliphatic heterocycles. The molecule has 0 amide bonds. The third-order valence-electron chi connectivity index (χ3n) is 9.55. The predicted molar refractivity (Wildman–Crippen MR) is 186 cm³/mol. The third-order valence-corrected chi connectivity index (χ3v) is 9.55. The zero-order valence-corrected chi connectivity index (χ0v) is 29.1. The highest BCUT2D eigenvalue weighted by Gasteiger charge is 2.45. The van der Waals surface area contributed by atoms with Crippen molar-refractivity contribution in [2.24, 2.45) is 11.8 Å². The van der Waals surface area contributed by atoms with Gasteiger partial charge in [-0.2, -0.15) is 13.2 Å². The Morgan fingerprint density at radius 2 is 1.47 bits per heavy atom. The van der Waals surface area contributed by atoms with E-state index in [1.165, 1.54) is 19.3 Å². The van der Waals surface area contributed by atoms with Gasteiger partial charge in [-0.05, 0) is 84.5 Å². The summed E-state index contributed by atoms with van der Waals surface area (Å²) in [7, 11) is 0. The third kappa shape index (κ3) is 11.4. The Morgan fingerprint density at radius 3 is 2.14 bits per heavy atom. The molecule has 4 rings (SSSR count). The van der Waals surface area contributed by atoms with Crippen LogP contribution in [0.1, 0.15) is 119 Å². The van der Waals surface area contributed by atoms with E-state index in [-0.39, 0.29) is 18.4 Å². The number of carbonyl (C=O) groups excluding carboxylic acids is 2. The summed E-state index contributed by atoms with van der Waals surface area (Å²) in [6.07, 6.45) is 0.995. The van der Waals surface area contributed by atoms with E-state index in [0.29, 0.717) is 31.4 Å². The molecule has 266 valence electrons. The first-order chi connectivity index (χ1) is 23.6. The lowest BCUT2D eigenvalue weighted by Gasteiger charge is -2.33. The van der Waals surface area contributed by atoms with Crippen molar-refractivity contribution in [3.05, 3.63) is 89.5 Å². The van der Waals surface area contributed by atoms with Gasteiger partial charge in [0.05, 0.1) is 18.1 Å². The Labute approximate surface area is 289 Å². The monoisotopic (exact) mass is 680 g/mol. The predicted octanol–water partition coefficient (Wildman–Crippen LogP) is 11.2. The lowest BCUT2D eigenvalue weighted by atomic mass is 9.81. The fourth-order valence-electron chi connectivity index (χ4n) is 6.27. The first kappa shape index (κ1) is 38.0. The molecule has 0 spiro atoms. The summed E-state index contributed by atoms with van der Waals surface area (Å²) in [5, 5.41) is 0. The number of fused-ring (bicyclic) bond motifs is 1. The van der Waals surface area contributed by atoms with Crippen molar-refractivity contribution in [2.75, 3.05) is 6.61 Å². The summed E-state index contributed by atoms with van der Waals surface area (Å²) in [6, 6.07) is 22.0. The zero-order valence-electron chi connectivity index (χ0n) is 29.1. The van der Waals surface area contributed by atoms with E-state index < -0.39 is 36.2 Å².